The molecular weight excluding hydrogens is 328 g/mol. The first-order chi connectivity index (χ1) is 5.78. The van der Waals surface area contributed by atoms with Crippen molar-refractivity contribution in [2.75, 3.05) is 0 Å². The van der Waals surface area contributed by atoms with Gasteiger partial charge in [-0.2, -0.15) is 0 Å². The Bertz CT molecular complexity index is 233. The average molecular weight is 354 g/mol. The lowest BCUT2D eigenvalue weighted by Gasteiger charge is -2.18. The van der Waals surface area contributed by atoms with Crippen LogP contribution in [0.25, 0.3) is 0 Å². The molecule has 0 unspecified atom stereocenters. The van der Waals surface area contributed by atoms with E-state index in [1.165, 1.54) is 0 Å². The van der Waals surface area contributed by atoms with Crippen LogP contribution in [0.5, 0.6) is 0 Å². The number of hydrogen-bond donors (Lipinski definition) is 4. The number of aliphatic carboxylic acids is 3. The molecule has 0 heterocycles. The van der Waals surface area contributed by atoms with E-state index in [-0.39, 0.29) is 49.3 Å². The number of carboxylic acid groups (broad SMARTS) is 3. The van der Waals surface area contributed by atoms with Crippen molar-refractivity contribution in [1.29, 1.82) is 0 Å². The van der Waals surface area contributed by atoms with E-state index in [1.54, 1.807) is 0 Å². The summed E-state index contributed by atoms with van der Waals surface area (Å²) in [5, 5.41) is 33.8. The van der Waals surface area contributed by atoms with Crippen molar-refractivity contribution in [1.82, 2.24) is 0 Å². The van der Waals surface area contributed by atoms with Gasteiger partial charge in [0.1, 0.15) is 0 Å². The third kappa shape index (κ3) is 26.5. The van der Waals surface area contributed by atoms with Crippen molar-refractivity contribution in [3.63, 3.8) is 0 Å². The lowest BCUT2D eigenvalue weighted by Crippen LogP contribution is -2.42. The van der Waals surface area contributed by atoms with Gasteiger partial charge in [-0.15, -0.1) is 0 Å². The second-order valence-electron chi connectivity index (χ2n) is 2.48. The van der Waals surface area contributed by atoms with E-state index in [0.29, 0.717) is 0 Å². The maximum Gasteiger partial charge on any atom is 0.336 e. The van der Waals surface area contributed by atoms with Crippen molar-refractivity contribution in [3.05, 3.63) is 0 Å². The maximum absolute atomic E-state index is 10.3. The van der Waals surface area contributed by atoms with Crippen LogP contribution in [0.2, 0.25) is 0 Å². The van der Waals surface area contributed by atoms with E-state index in [0.717, 1.165) is 0 Å². The van der Waals surface area contributed by atoms with Gasteiger partial charge in [-0.05, 0) is 0 Å². The minimum atomic E-state index is -2.74. The molecule has 0 saturated carbocycles. The van der Waals surface area contributed by atoms with Gasteiger partial charge < -0.3 is 69.7 Å². The summed E-state index contributed by atoms with van der Waals surface area (Å²) < 4.78 is 0. The van der Waals surface area contributed by atoms with Gasteiger partial charge >= 0.3 is 17.9 Å². The molecule has 22 N–H and O–H groups in total. The highest BCUT2D eigenvalue weighted by Crippen LogP contribution is 2.15. The third-order valence-corrected chi connectivity index (χ3v) is 1.29. The highest BCUT2D eigenvalue weighted by Gasteiger charge is 2.40. The molecule has 22 heavy (non-hydrogen) atoms. The first-order valence-electron chi connectivity index (χ1n) is 3.17. The second kappa shape index (κ2) is 27.4. The highest BCUT2D eigenvalue weighted by atomic mass is 16.4. The molecule has 0 radical (unpaired) electrons. The molecule has 0 amide bonds. The van der Waals surface area contributed by atoms with Crippen molar-refractivity contribution < 1.29 is 84.1 Å². The number of carbonyl (C=O) groups is 3. The number of rotatable bonds is 5. The molecule has 16 nitrogen and oxygen atoms in total. The van der Waals surface area contributed by atoms with E-state index < -0.39 is 36.4 Å². The van der Waals surface area contributed by atoms with Crippen molar-refractivity contribution in [2.24, 2.45) is 0 Å². The maximum atomic E-state index is 10.3. The Morgan fingerprint density at radius 1 is 0.591 bits per heavy atom. The summed E-state index contributed by atoms with van der Waals surface area (Å²) in [5.41, 5.74) is -2.74. The van der Waals surface area contributed by atoms with E-state index >= 15 is 0 Å². The van der Waals surface area contributed by atoms with Crippen LogP contribution < -0.4 is 0 Å². The summed E-state index contributed by atoms with van der Waals surface area (Å²) in [6, 6.07) is 0. The van der Waals surface area contributed by atoms with Crippen molar-refractivity contribution in [2.45, 2.75) is 18.4 Å². The fourth-order valence-corrected chi connectivity index (χ4v) is 0.714. The third-order valence-electron chi connectivity index (χ3n) is 1.29. The molecule has 0 saturated heterocycles. The first-order valence-corrected chi connectivity index (χ1v) is 3.17. The molecule has 0 spiro atoms. The van der Waals surface area contributed by atoms with Gasteiger partial charge in [0.05, 0.1) is 12.8 Å². The van der Waals surface area contributed by atoms with Gasteiger partial charge in [0.2, 0.25) is 0 Å². The van der Waals surface area contributed by atoms with Gasteiger partial charge in [-0.3, -0.25) is 9.59 Å². The predicted octanol–water partition coefficient (Wildman–Crippen LogP) is -8.67. The molecule has 0 aliphatic rings. The topological polar surface area (TPSA) is 416 Å². The Hall–Kier alpha value is -1.99. The molecule has 146 valence electrons. The predicted molar refractivity (Wildman–Crippen MR) is 69.6 cm³/mol. The fraction of sp³-hybridized carbons (Fsp3) is 0.500. The van der Waals surface area contributed by atoms with Crippen molar-refractivity contribution >= 4 is 17.9 Å². The quantitative estimate of drug-likeness (QED) is 0.368. The van der Waals surface area contributed by atoms with E-state index in [2.05, 4.69) is 0 Å². The van der Waals surface area contributed by atoms with Gasteiger partial charge in [-0.1, -0.05) is 0 Å². The van der Waals surface area contributed by atoms with Gasteiger partial charge in [0.25, 0.3) is 0 Å². The normalized spacial score (nSPS) is 6.41. The fourth-order valence-electron chi connectivity index (χ4n) is 0.714. The molecule has 0 aliphatic carbocycles. The van der Waals surface area contributed by atoms with Crippen LogP contribution in [-0.2, 0) is 14.4 Å². The van der Waals surface area contributed by atoms with Crippen LogP contribution in [-0.4, -0.2) is 93.2 Å². The molecule has 0 aromatic rings. The Labute approximate surface area is 122 Å². The molecule has 0 rings (SSSR count). The summed E-state index contributed by atoms with van der Waals surface area (Å²) in [6.45, 7) is 0. The molecule has 16 heteroatoms. The van der Waals surface area contributed by atoms with E-state index in [1.807, 2.05) is 0 Å². The molecule has 0 bridgehead atoms. The van der Waals surface area contributed by atoms with Crippen LogP contribution in [0.4, 0.5) is 0 Å². The number of carboxylic acids is 3. The average Bonchev–Trinajstić information content (AvgIpc) is 1.82. The zero-order valence-corrected chi connectivity index (χ0v) is 10.9. The molecule has 0 atom stereocenters. The van der Waals surface area contributed by atoms with Crippen LogP contribution >= 0.6 is 0 Å². The minimum Gasteiger partial charge on any atom is -0.481 e. The smallest absolute Gasteiger partial charge is 0.336 e. The Kier molecular flexibility index (Phi) is 89.8. The summed E-state index contributed by atoms with van der Waals surface area (Å²) in [7, 11) is 0. The Morgan fingerprint density at radius 3 is 0.864 bits per heavy atom. The summed E-state index contributed by atoms with van der Waals surface area (Å²) >= 11 is 0. The molecule has 0 aromatic heterocycles. The largest absolute Gasteiger partial charge is 0.481 e. The Morgan fingerprint density at radius 2 is 0.773 bits per heavy atom. The van der Waals surface area contributed by atoms with Gasteiger partial charge in [-0.25, -0.2) is 4.79 Å². The van der Waals surface area contributed by atoms with Crippen molar-refractivity contribution in [3.8, 4) is 0 Å². The summed E-state index contributed by atoms with van der Waals surface area (Å²) in [4.78, 5) is 30.5. The van der Waals surface area contributed by atoms with Crippen LogP contribution in [0.3, 0.4) is 0 Å². The minimum absolute atomic E-state index is 0. The second-order valence-corrected chi connectivity index (χ2v) is 2.48. The zero-order valence-electron chi connectivity index (χ0n) is 10.9. The van der Waals surface area contributed by atoms with Crippen LogP contribution in [0.15, 0.2) is 0 Å². The first kappa shape index (κ1) is 72.2. The Balaban J connectivity index is -0.0000000200. The summed E-state index contributed by atoms with van der Waals surface area (Å²) in [5.74, 6) is -5.02. The standard InChI is InChI=1S/C6H8O7.9H2O/c7-3(8)1-6(13,5(11)12)2-4(9)10;;;;;;;;;/h13H,1-2H2,(H,7,8)(H,9,10)(H,11,12);9*1H2. The molecule has 0 aliphatic heterocycles. The van der Waals surface area contributed by atoms with Gasteiger partial charge in [0, 0.05) is 0 Å². The molecule has 0 fully saturated rings. The number of aliphatic hydroxyl groups is 1. The lowest BCUT2D eigenvalue weighted by atomic mass is 9.96. The highest BCUT2D eigenvalue weighted by molar-refractivity contribution is 5.88. The van der Waals surface area contributed by atoms with Crippen LogP contribution in [0.1, 0.15) is 12.8 Å². The van der Waals surface area contributed by atoms with Gasteiger partial charge in [0.15, 0.2) is 5.60 Å². The molecular formula is C6H26O16. The molecule has 0 aromatic carbocycles. The zero-order chi connectivity index (χ0) is 10.6. The summed E-state index contributed by atoms with van der Waals surface area (Å²) in [6.07, 6.45) is -2.29. The SMILES string of the molecule is O.O.O.O.O.O.O.O.O.O=C(O)CC(O)(CC(=O)O)C(=O)O. The monoisotopic (exact) mass is 354 g/mol. The van der Waals surface area contributed by atoms with E-state index in [9.17, 15) is 14.4 Å². The van der Waals surface area contributed by atoms with E-state index in [4.69, 9.17) is 20.4 Å². The number of hydrogen-bond acceptors (Lipinski definition) is 4. The lowest BCUT2D eigenvalue weighted by molar-refractivity contribution is -0.170. The van der Waals surface area contributed by atoms with Crippen LogP contribution in [0, 0.1) is 0 Å².